The van der Waals surface area contributed by atoms with Gasteiger partial charge in [-0.25, -0.2) is 4.98 Å². The van der Waals surface area contributed by atoms with Gasteiger partial charge in [-0.05, 0) is 13.5 Å². The van der Waals surface area contributed by atoms with Crippen molar-refractivity contribution in [1.82, 2.24) is 10.3 Å². The number of likely N-dealkylation sites (N-methyl/N-ethyl adjacent to an activating group) is 1. The minimum Gasteiger partial charge on any atom is -0.468 e. The van der Waals surface area contributed by atoms with Gasteiger partial charge in [-0.3, -0.25) is 4.79 Å². The number of ether oxygens (including phenoxy) is 1. The van der Waals surface area contributed by atoms with E-state index in [2.05, 4.69) is 15.0 Å². The fourth-order valence-electron chi connectivity index (χ4n) is 1.07. The van der Waals surface area contributed by atoms with Crippen molar-refractivity contribution < 1.29 is 9.53 Å². The van der Waals surface area contributed by atoms with Crippen molar-refractivity contribution >= 4 is 29.1 Å². The maximum atomic E-state index is 11.2. The molecule has 0 amide bonds. The summed E-state index contributed by atoms with van der Waals surface area (Å²) in [5.74, 6) is 0.644. The lowest BCUT2D eigenvalue weighted by Gasteiger charge is -2.12. The van der Waals surface area contributed by atoms with Gasteiger partial charge in [-0.1, -0.05) is 11.8 Å². The van der Waals surface area contributed by atoms with E-state index < -0.39 is 0 Å². The molecule has 15 heavy (non-hydrogen) atoms. The third-order valence-corrected chi connectivity index (χ3v) is 3.88. The molecule has 0 radical (unpaired) electrons. The van der Waals surface area contributed by atoms with Crippen LogP contribution in [0.5, 0.6) is 0 Å². The standard InChI is InChI=1S/C9H14N2O2S2/c1-10-7(8(12)13-2)3-5-14-9-11-4-6-15-9/h4,6-7,10H,3,5H2,1-2H3. The molecule has 0 aliphatic carbocycles. The molecule has 1 aromatic heterocycles. The Hall–Kier alpha value is -0.590. The molecule has 0 saturated heterocycles. The van der Waals surface area contributed by atoms with Gasteiger partial charge in [0.05, 0.1) is 7.11 Å². The van der Waals surface area contributed by atoms with Crippen LogP contribution in [0.15, 0.2) is 15.9 Å². The number of nitrogens with zero attached hydrogens (tertiary/aromatic N) is 1. The molecule has 0 fully saturated rings. The summed E-state index contributed by atoms with van der Waals surface area (Å²) in [6.07, 6.45) is 2.52. The van der Waals surface area contributed by atoms with Crippen LogP contribution < -0.4 is 5.32 Å². The largest absolute Gasteiger partial charge is 0.468 e. The van der Waals surface area contributed by atoms with E-state index in [-0.39, 0.29) is 12.0 Å². The van der Waals surface area contributed by atoms with Crippen LogP contribution in [0, 0.1) is 0 Å². The predicted molar refractivity (Wildman–Crippen MR) is 62.3 cm³/mol. The fraction of sp³-hybridized carbons (Fsp3) is 0.556. The average Bonchev–Trinajstić information content (AvgIpc) is 2.76. The molecule has 84 valence electrons. The second-order valence-corrected chi connectivity index (χ2v) is 5.04. The molecule has 0 spiro atoms. The maximum absolute atomic E-state index is 11.2. The van der Waals surface area contributed by atoms with E-state index in [4.69, 9.17) is 0 Å². The lowest BCUT2D eigenvalue weighted by molar-refractivity contribution is -0.143. The van der Waals surface area contributed by atoms with Gasteiger partial charge >= 0.3 is 5.97 Å². The highest BCUT2D eigenvalue weighted by atomic mass is 32.2. The first-order chi connectivity index (χ1) is 7.27. The van der Waals surface area contributed by atoms with Gasteiger partial charge in [0.25, 0.3) is 0 Å². The summed E-state index contributed by atoms with van der Waals surface area (Å²) in [7, 11) is 3.16. The first kappa shape index (κ1) is 12.5. The molecule has 4 nitrogen and oxygen atoms in total. The molecule has 1 rings (SSSR count). The SMILES string of the molecule is CNC(CCSc1nccs1)C(=O)OC. The summed E-state index contributed by atoms with van der Waals surface area (Å²) in [5.41, 5.74) is 0. The van der Waals surface area contributed by atoms with Gasteiger partial charge < -0.3 is 10.1 Å². The Balaban J connectivity index is 2.26. The average molecular weight is 246 g/mol. The molecule has 1 atom stereocenters. The molecule has 0 saturated carbocycles. The minimum atomic E-state index is -0.220. The molecule has 0 bridgehead atoms. The van der Waals surface area contributed by atoms with Gasteiger partial charge in [-0.2, -0.15) is 0 Å². The van der Waals surface area contributed by atoms with E-state index >= 15 is 0 Å². The normalized spacial score (nSPS) is 12.4. The summed E-state index contributed by atoms with van der Waals surface area (Å²) >= 11 is 3.27. The molecular weight excluding hydrogens is 232 g/mol. The second-order valence-electron chi connectivity index (χ2n) is 2.80. The number of rotatable bonds is 6. The van der Waals surface area contributed by atoms with Crippen LogP contribution in [-0.2, 0) is 9.53 Å². The number of aromatic nitrogens is 1. The first-order valence-corrected chi connectivity index (χ1v) is 6.42. The molecule has 1 N–H and O–H groups in total. The number of esters is 1. The first-order valence-electron chi connectivity index (χ1n) is 4.55. The number of hydrogen-bond acceptors (Lipinski definition) is 6. The van der Waals surface area contributed by atoms with Gasteiger partial charge in [0.1, 0.15) is 10.4 Å². The Morgan fingerprint density at radius 2 is 2.60 bits per heavy atom. The molecule has 1 heterocycles. The summed E-state index contributed by atoms with van der Waals surface area (Å²) < 4.78 is 5.70. The zero-order chi connectivity index (χ0) is 11.1. The van der Waals surface area contributed by atoms with E-state index in [9.17, 15) is 4.79 Å². The Morgan fingerprint density at radius 1 is 1.80 bits per heavy atom. The zero-order valence-electron chi connectivity index (χ0n) is 8.73. The second kappa shape index (κ2) is 6.81. The van der Waals surface area contributed by atoms with E-state index in [1.807, 2.05) is 5.38 Å². The highest BCUT2D eigenvalue weighted by Gasteiger charge is 2.16. The third-order valence-electron chi connectivity index (χ3n) is 1.88. The number of carbonyl (C=O) groups is 1. The number of thiazole rings is 1. The van der Waals surface area contributed by atoms with Gasteiger partial charge in [0.2, 0.25) is 0 Å². The number of hydrogen-bond donors (Lipinski definition) is 1. The van der Waals surface area contributed by atoms with Crippen LogP contribution in [0.3, 0.4) is 0 Å². The van der Waals surface area contributed by atoms with E-state index in [0.29, 0.717) is 0 Å². The van der Waals surface area contributed by atoms with Crippen molar-refractivity contribution in [1.29, 1.82) is 0 Å². The van der Waals surface area contributed by atoms with Crippen molar-refractivity contribution in [2.75, 3.05) is 19.9 Å². The molecular formula is C9H14N2O2S2. The summed E-state index contributed by atoms with van der Waals surface area (Å²) in [4.78, 5) is 15.4. The molecule has 6 heteroatoms. The Bertz CT molecular complexity index is 290. The molecule has 0 aromatic carbocycles. The summed E-state index contributed by atoms with van der Waals surface area (Å²) in [6, 6.07) is -0.220. The zero-order valence-corrected chi connectivity index (χ0v) is 10.4. The van der Waals surface area contributed by atoms with E-state index in [0.717, 1.165) is 16.5 Å². The third kappa shape index (κ3) is 4.19. The Kier molecular flexibility index (Phi) is 5.67. The summed E-state index contributed by atoms with van der Waals surface area (Å²) in [6.45, 7) is 0. The van der Waals surface area contributed by atoms with E-state index in [1.165, 1.54) is 7.11 Å². The van der Waals surface area contributed by atoms with Gasteiger partial charge in [0.15, 0.2) is 0 Å². The number of carbonyl (C=O) groups excluding carboxylic acids is 1. The Labute approximate surface area is 97.4 Å². The maximum Gasteiger partial charge on any atom is 0.322 e. The van der Waals surface area contributed by atoms with Crippen molar-refractivity contribution in [3.63, 3.8) is 0 Å². The van der Waals surface area contributed by atoms with Gasteiger partial charge in [0, 0.05) is 17.3 Å². The van der Waals surface area contributed by atoms with Crippen LogP contribution >= 0.6 is 23.1 Å². The van der Waals surface area contributed by atoms with E-state index in [1.54, 1.807) is 36.3 Å². The van der Waals surface area contributed by atoms with Crippen LogP contribution in [-0.4, -0.2) is 36.9 Å². The van der Waals surface area contributed by atoms with Crippen LogP contribution in [0.2, 0.25) is 0 Å². The van der Waals surface area contributed by atoms with Crippen LogP contribution in [0.4, 0.5) is 0 Å². The number of methoxy groups -OCH3 is 1. The number of nitrogens with one attached hydrogen (secondary N) is 1. The molecule has 1 unspecified atom stereocenters. The topological polar surface area (TPSA) is 51.2 Å². The van der Waals surface area contributed by atoms with Crippen molar-refractivity contribution in [3.05, 3.63) is 11.6 Å². The smallest absolute Gasteiger partial charge is 0.322 e. The molecule has 0 aliphatic rings. The van der Waals surface area contributed by atoms with Crippen molar-refractivity contribution in [2.45, 2.75) is 16.8 Å². The monoisotopic (exact) mass is 246 g/mol. The Morgan fingerprint density at radius 3 is 3.13 bits per heavy atom. The minimum absolute atomic E-state index is 0.211. The number of thioether (sulfide) groups is 1. The highest BCUT2D eigenvalue weighted by molar-refractivity contribution is 8.00. The molecule has 1 aromatic rings. The molecule has 0 aliphatic heterocycles. The summed E-state index contributed by atoms with van der Waals surface area (Å²) in [5, 5.41) is 4.87. The van der Waals surface area contributed by atoms with Gasteiger partial charge in [-0.15, -0.1) is 11.3 Å². The van der Waals surface area contributed by atoms with Crippen LogP contribution in [0.25, 0.3) is 0 Å². The van der Waals surface area contributed by atoms with Crippen molar-refractivity contribution in [2.24, 2.45) is 0 Å². The lowest BCUT2D eigenvalue weighted by atomic mass is 10.2. The predicted octanol–water partition coefficient (Wildman–Crippen LogP) is 1.39. The quantitative estimate of drug-likeness (QED) is 0.607. The van der Waals surface area contributed by atoms with Crippen LogP contribution in [0.1, 0.15) is 6.42 Å². The van der Waals surface area contributed by atoms with Crippen molar-refractivity contribution in [3.8, 4) is 0 Å². The fourth-order valence-corrected chi connectivity index (χ4v) is 2.78. The lowest BCUT2D eigenvalue weighted by Crippen LogP contribution is -2.35. The highest BCUT2D eigenvalue weighted by Crippen LogP contribution is 2.21.